The minimum absolute atomic E-state index is 0.597. The fourth-order valence-electron chi connectivity index (χ4n) is 2.80. The zero-order valence-corrected chi connectivity index (χ0v) is 11.7. The van der Waals surface area contributed by atoms with Crippen molar-refractivity contribution < 1.29 is 0 Å². The third-order valence-electron chi connectivity index (χ3n) is 3.86. The predicted molar refractivity (Wildman–Crippen MR) is 82.0 cm³/mol. The summed E-state index contributed by atoms with van der Waals surface area (Å²) < 4.78 is 0. The van der Waals surface area contributed by atoms with Crippen LogP contribution in [0.2, 0.25) is 5.02 Å². The molecule has 19 heavy (non-hydrogen) atoms. The maximum absolute atomic E-state index is 6.04. The highest BCUT2D eigenvalue weighted by Crippen LogP contribution is 2.37. The van der Waals surface area contributed by atoms with E-state index < -0.39 is 0 Å². The van der Waals surface area contributed by atoms with Crippen molar-refractivity contribution in [3.63, 3.8) is 0 Å². The topological polar surface area (TPSA) is 29.3 Å². The summed E-state index contributed by atoms with van der Waals surface area (Å²) in [6.45, 7) is 0.974. The number of nitrogens with two attached hydrogens (primary N) is 1. The SMILES string of the molecule is CN(CC1Cc2ccccc21)c1cc(Cl)ccc1N. The average molecular weight is 273 g/mol. The minimum atomic E-state index is 0.597. The molecule has 0 aromatic heterocycles. The molecule has 3 rings (SSSR count). The number of hydrogen-bond donors (Lipinski definition) is 1. The van der Waals surface area contributed by atoms with Gasteiger partial charge in [-0.25, -0.2) is 0 Å². The number of fused-ring (bicyclic) bond motifs is 1. The smallest absolute Gasteiger partial charge is 0.0612 e. The fraction of sp³-hybridized carbons (Fsp3) is 0.250. The molecule has 0 bridgehead atoms. The van der Waals surface area contributed by atoms with Gasteiger partial charge in [0.1, 0.15) is 0 Å². The summed E-state index contributed by atoms with van der Waals surface area (Å²) in [5, 5.41) is 0.727. The van der Waals surface area contributed by atoms with Crippen LogP contribution < -0.4 is 10.6 Å². The second-order valence-electron chi connectivity index (χ2n) is 5.18. The van der Waals surface area contributed by atoms with Gasteiger partial charge in [0.15, 0.2) is 0 Å². The first-order valence-corrected chi connectivity index (χ1v) is 6.87. The summed E-state index contributed by atoms with van der Waals surface area (Å²) in [6.07, 6.45) is 1.15. The first-order chi connectivity index (χ1) is 9.15. The lowest BCUT2D eigenvalue weighted by molar-refractivity contribution is 0.601. The second kappa shape index (κ2) is 4.78. The lowest BCUT2D eigenvalue weighted by atomic mass is 9.77. The number of hydrogen-bond acceptors (Lipinski definition) is 2. The van der Waals surface area contributed by atoms with E-state index in [1.54, 1.807) is 0 Å². The van der Waals surface area contributed by atoms with Crippen LogP contribution in [-0.4, -0.2) is 13.6 Å². The molecule has 0 amide bonds. The van der Waals surface area contributed by atoms with E-state index in [1.807, 2.05) is 18.2 Å². The summed E-state index contributed by atoms with van der Waals surface area (Å²) >= 11 is 6.04. The van der Waals surface area contributed by atoms with Gasteiger partial charge in [0, 0.05) is 24.5 Å². The predicted octanol–water partition coefficient (Wildman–Crippen LogP) is 3.70. The van der Waals surface area contributed by atoms with Gasteiger partial charge in [0.25, 0.3) is 0 Å². The van der Waals surface area contributed by atoms with Crippen molar-refractivity contribution in [3.05, 3.63) is 58.6 Å². The van der Waals surface area contributed by atoms with Crippen molar-refractivity contribution >= 4 is 23.0 Å². The van der Waals surface area contributed by atoms with E-state index in [4.69, 9.17) is 17.3 Å². The van der Waals surface area contributed by atoms with Crippen LogP contribution in [0.1, 0.15) is 17.0 Å². The maximum Gasteiger partial charge on any atom is 0.0612 e. The Morgan fingerprint density at radius 1 is 1.26 bits per heavy atom. The molecule has 0 fully saturated rings. The zero-order chi connectivity index (χ0) is 13.4. The lowest BCUT2D eigenvalue weighted by Crippen LogP contribution is -2.31. The molecular weight excluding hydrogens is 256 g/mol. The van der Waals surface area contributed by atoms with E-state index in [0.717, 1.165) is 29.4 Å². The zero-order valence-electron chi connectivity index (χ0n) is 10.9. The van der Waals surface area contributed by atoms with Crippen LogP contribution in [0.25, 0.3) is 0 Å². The van der Waals surface area contributed by atoms with Crippen LogP contribution in [0.4, 0.5) is 11.4 Å². The minimum Gasteiger partial charge on any atom is -0.397 e. The molecular formula is C16H17ClN2. The van der Waals surface area contributed by atoms with Crippen LogP contribution in [0.3, 0.4) is 0 Å². The van der Waals surface area contributed by atoms with Crippen molar-refractivity contribution in [1.82, 2.24) is 0 Å². The van der Waals surface area contributed by atoms with Gasteiger partial charge in [-0.15, -0.1) is 0 Å². The Labute approximate surface area is 118 Å². The van der Waals surface area contributed by atoms with E-state index in [0.29, 0.717) is 5.92 Å². The highest BCUT2D eigenvalue weighted by Gasteiger charge is 2.26. The highest BCUT2D eigenvalue weighted by molar-refractivity contribution is 6.31. The molecule has 98 valence electrons. The summed E-state index contributed by atoms with van der Waals surface area (Å²) in [5.74, 6) is 0.597. The van der Waals surface area contributed by atoms with E-state index in [9.17, 15) is 0 Å². The molecule has 3 heteroatoms. The Bertz CT molecular complexity index is 609. The first-order valence-electron chi connectivity index (χ1n) is 6.49. The van der Waals surface area contributed by atoms with Gasteiger partial charge >= 0.3 is 0 Å². The molecule has 2 aromatic rings. The number of likely N-dealkylation sites (N-methyl/N-ethyl adjacent to an activating group) is 1. The lowest BCUT2D eigenvalue weighted by Gasteiger charge is -2.34. The van der Waals surface area contributed by atoms with Gasteiger partial charge in [0.2, 0.25) is 0 Å². The first kappa shape index (κ1) is 12.4. The molecule has 0 aliphatic heterocycles. The number of benzene rings is 2. The van der Waals surface area contributed by atoms with Crippen LogP contribution in [-0.2, 0) is 6.42 Å². The summed E-state index contributed by atoms with van der Waals surface area (Å²) in [5.41, 5.74) is 10.7. The molecule has 0 radical (unpaired) electrons. The number of nitrogens with zero attached hydrogens (tertiary/aromatic N) is 1. The summed E-state index contributed by atoms with van der Waals surface area (Å²) in [7, 11) is 2.07. The third kappa shape index (κ3) is 2.28. The van der Waals surface area contributed by atoms with Gasteiger partial charge < -0.3 is 10.6 Å². The number of anilines is 2. The van der Waals surface area contributed by atoms with E-state index in [-0.39, 0.29) is 0 Å². The molecule has 2 aromatic carbocycles. The molecule has 2 nitrogen and oxygen atoms in total. The Morgan fingerprint density at radius 3 is 2.84 bits per heavy atom. The quantitative estimate of drug-likeness (QED) is 0.864. The number of rotatable bonds is 3. The van der Waals surface area contributed by atoms with Crippen LogP contribution in [0.5, 0.6) is 0 Å². The molecule has 0 heterocycles. The maximum atomic E-state index is 6.04. The standard InChI is InChI=1S/C16H17ClN2/c1-19(16-9-13(17)6-7-15(16)18)10-12-8-11-4-2-3-5-14(11)12/h2-7,9,12H,8,10,18H2,1H3. The average Bonchev–Trinajstić information content (AvgIpc) is 2.38. The fourth-order valence-corrected chi connectivity index (χ4v) is 2.97. The second-order valence-corrected chi connectivity index (χ2v) is 5.62. The Kier molecular flexibility index (Phi) is 3.11. The van der Waals surface area contributed by atoms with Crippen molar-refractivity contribution in [2.24, 2.45) is 0 Å². The van der Waals surface area contributed by atoms with Crippen molar-refractivity contribution in [2.75, 3.05) is 24.2 Å². The molecule has 0 saturated heterocycles. The molecule has 2 N–H and O–H groups in total. The molecule has 0 spiro atoms. The van der Waals surface area contributed by atoms with E-state index in [1.165, 1.54) is 11.1 Å². The van der Waals surface area contributed by atoms with Gasteiger partial charge in [-0.1, -0.05) is 35.9 Å². The monoisotopic (exact) mass is 272 g/mol. The molecule has 1 atom stereocenters. The van der Waals surface area contributed by atoms with E-state index >= 15 is 0 Å². The van der Waals surface area contributed by atoms with Gasteiger partial charge in [-0.3, -0.25) is 0 Å². The molecule has 0 saturated carbocycles. The van der Waals surface area contributed by atoms with Gasteiger partial charge in [-0.05, 0) is 35.7 Å². The third-order valence-corrected chi connectivity index (χ3v) is 4.09. The van der Waals surface area contributed by atoms with Crippen molar-refractivity contribution in [3.8, 4) is 0 Å². The molecule has 1 aliphatic rings. The molecule has 1 unspecified atom stereocenters. The van der Waals surface area contributed by atoms with Crippen LogP contribution in [0.15, 0.2) is 42.5 Å². The largest absolute Gasteiger partial charge is 0.397 e. The van der Waals surface area contributed by atoms with Gasteiger partial charge in [-0.2, -0.15) is 0 Å². The Balaban J connectivity index is 1.76. The Hall–Kier alpha value is -1.67. The number of nitrogen functional groups attached to an aromatic ring is 1. The molecule has 1 aliphatic carbocycles. The normalized spacial score (nSPS) is 16.6. The highest BCUT2D eigenvalue weighted by atomic mass is 35.5. The van der Waals surface area contributed by atoms with E-state index in [2.05, 4.69) is 36.2 Å². The van der Waals surface area contributed by atoms with Gasteiger partial charge in [0.05, 0.1) is 11.4 Å². The van der Waals surface area contributed by atoms with Crippen LogP contribution in [0, 0.1) is 0 Å². The van der Waals surface area contributed by atoms with Crippen molar-refractivity contribution in [1.29, 1.82) is 0 Å². The number of halogens is 1. The summed E-state index contributed by atoms with van der Waals surface area (Å²) in [4.78, 5) is 2.20. The van der Waals surface area contributed by atoms with Crippen molar-refractivity contribution in [2.45, 2.75) is 12.3 Å². The summed E-state index contributed by atoms with van der Waals surface area (Å²) in [6, 6.07) is 14.3. The Morgan fingerprint density at radius 2 is 2.05 bits per heavy atom. The van der Waals surface area contributed by atoms with Crippen LogP contribution >= 0.6 is 11.6 Å².